The van der Waals surface area contributed by atoms with Gasteiger partial charge in [0.2, 0.25) is 0 Å². The van der Waals surface area contributed by atoms with E-state index in [9.17, 15) is 4.79 Å². The first-order valence-corrected chi connectivity index (χ1v) is 7.01. The Morgan fingerprint density at radius 2 is 2.00 bits per heavy atom. The molecule has 1 amide bonds. The molecule has 20 heavy (non-hydrogen) atoms. The number of unbranched alkanes of at least 4 members (excludes halogenated alkanes) is 1. The molecule has 0 unspecified atom stereocenters. The van der Waals surface area contributed by atoms with Crippen LogP contribution in [0.25, 0.3) is 5.69 Å². The van der Waals surface area contributed by atoms with Crippen molar-refractivity contribution in [2.45, 2.75) is 26.7 Å². The lowest BCUT2D eigenvalue weighted by Crippen LogP contribution is -2.29. The number of carbonyl (C=O) groups excluding carboxylic acids is 1. The third kappa shape index (κ3) is 3.07. The Balaban J connectivity index is 2.31. The molecule has 1 aromatic heterocycles. The van der Waals surface area contributed by atoms with E-state index in [2.05, 4.69) is 12.0 Å². The van der Waals surface area contributed by atoms with Crippen LogP contribution < -0.4 is 0 Å². The molecule has 0 atom stereocenters. The zero-order valence-corrected chi connectivity index (χ0v) is 12.3. The van der Waals surface area contributed by atoms with Crippen molar-refractivity contribution in [3.63, 3.8) is 0 Å². The van der Waals surface area contributed by atoms with Crippen molar-refractivity contribution in [3.8, 4) is 5.69 Å². The monoisotopic (exact) mass is 271 g/mol. The van der Waals surface area contributed by atoms with Crippen LogP contribution in [-0.2, 0) is 0 Å². The molecule has 2 aromatic rings. The molecule has 4 heteroatoms. The number of hydrogen-bond donors (Lipinski definition) is 0. The summed E-state index contributed by atoms with van der Waals surface area (Å²) in [7, 11) is 1.84. The van der Waals surface area contributed by atoms with E-state index in [1.165, 1.54) is 0 Å². The number of rotatable bonds is 5. The maximum absolute atomic E-state index is 12.5. The maximum atomic E-state index is 12.5. The van der Waals surface area contributed by atoms with Gasteiger partial charge in [-0.05, 0) is 31.5 Å². The summed E-state index contributed by atoms with van der Waals surface area (Å²) in [6, 6.07) is 11.6. The summed E-state index contributed by atoms with van der Waals surface area (Å²) in [5, 5.41) is 4.43. The molecule has 0 aliphatic rings. The van der Waals surface area contributed by atoms with Crippen molar-refractivity contribution in [2.75, 3.05) is 13.6 Å². The fourth-order valence-corrected chi connectivity index (χ4v) is 2.11. The molecular formula is C16H21N3O. The number of hydrogen-bond acceptors (Lipinski definition) is 2. The van der Waals surface area contributed by atoms with Crippen LogP contribution >= 0.6 is 0 Å². The lowest BCUT2D eigenvalue weighted by Gasteiger charge is -2.17. The highest BCUT2D eigenvalue weighted by atomic mass is 16.2. The Kier molecular flexibility index (Phi) is 4.56. The SMILES string of the molecule is CCCCN(C)C(=O)c1cc(C)nn1-c1ccccc1. The van der Waals surface area contributed by atoms with Gasteiger partial charge in [0.15, 0.2) is 0 Å². The van der Waals surface area contributed by atoms with Crippen molar-refractivity contribution < 1.29 is 4.79 Å². The fourth-order valence-electron chi connectivity index (χ4n) is 2.11. The van der Waals surface area contributed by atoms with Crippen LogP contribution in [0.1, 0.15) is 35.9 Å². The van der Waals surface area contributed by atoms with Crippen molar-refractivity contribution in [2.24, 2.45) is 0 Å². The fraction of sp³-hybridized carbons (Fsp3) is 0.375. The second kappa shape index (κ2) is 6.37. The number of carbonyl (C=O) groups is 1. The van der Waals surface area contributed by atoms with Gasteiger partial charge in [-0.1, -0.05) is 31.5 Å². The van der Waals surface area contributed by atoms with Crippen molar-refractivity contribution in [1.82, 2.24) is 14.7 Å². The highest BCUT2D eigenvalue weighted by molar-refractivity contribution is 5.93. The van der Waals surface area contributed by atoms with Crippen LogP contribution in [0.2, 0.25) is 0 Å². The van der Waals surface area contributed by atoms with Gasteiger partial charge in [-0.25, -0.2) is 4.68 Å². The maximum Gasteiger partial charge on any atom is 0.272 e. The van der Waals surface area contributed by atoms with Gasteiger partial charge in [-0.3, -0.25) is 4.79 Å². The molecule has 0 saturated carbocycles. The zero-order chi connectivity index (χ0) is 14.5. The number of amides is 1. The lowest BCUT2D eigenvalue weighted by atomic mass is 10.2. The topological polar surface area (TPSA) is 38.1 Å². The minimum atomic E-state index is 0.0166. The number of aryl methyl sites for hydroxylation is 1. The summed E-state index contributed by atoms with van der Waals surface area (Å²) >= 11 is 0. The number of para-hydroxylation sites is 1. The molecule has 0 aliphatic carbocycles. The first-order chi connectivity index (χ1) is 9.63. The van der Waals surface area contributed by atoms with E-state index in [4.69, 9.17) is 0 Å². The molecule has 0 bridgehead atoms. The lowest BCUT2D eigenvalue weighted by molar-refractivity contribution is 0.0784. The van der Waals surface area contributed by atoms with Gasteiger partial charge in [0.05, 0.1) is 11.4 Å². The molecule has 0 saturated heterocycles. The predicted octanol–water partition coefficient (Wildman–Crippen LogP) is 3.05. The summed E-state index contributed by atoms with van der Waals surface area (Å²) in [6.07, 6.45) is 2.09. The third-order valence-electron chi connectivity index (χ3n) is 3.25. The Bertz CT molecular complexity index is 575. The molecule has 0 radical (unpaired) electrons. The Labute approximate surface area is 120 Å². The van der Waals surface area contributed by atoms with Gasteiger partial charge in [-0.15, -0.1) is 0 Å². The zero-order valence-electron chi connectivity index (χ0n) is 12.3. The van der Waals surface area contributed by atoms with Gasteiger partial charge in [-0.2, -0.15) is 5.10 Å². The van der Waals surface area contributed by atoms with Crippen LogP contribution in [0.4, 0.5) is 0 Å². The van der Waals surface area contributed by atoms with E-state index in [1.54, 1.807) is 9.58 Å². The second-order valence-corrected chi connectivity index (χ2v) is 5.00. The molecule has 0 aliphatic heterocycles. The van der Waals surface area contributed by atoms with E-state index in [1.807, 2.05) is 50.4 Å². The highest BCUT2D eigenvalue weighted by Gasteiger charge is 2.18. The minimum absolute atomic E-state index is 0.0166. The van der Waals surface area contributed by atoms with Gasteiger partial charge in [0, 0.05) is 13.6 Å². The third-order valence-corrected chi connectivity index (χ3v) is 3.25. The standard InChI is InChI=1S/C16H21N3O/c1-4-5-11-18(3)16(20)15-12-13(2)17-19(15)14-9-7-6-8-10-14/h6-10,12H,4-5,11H2,1-3H3. The minimum Gasteiger partial charge on any atom is -0.340 e. The molecule has 2 rings (SSSR count). The average molecular weight is 271 g/mol. The molecular weight excluding hydrogens is 250 g/mol. The van der Waals surface area contributed by atoms with Crippen LogP contribution in [-0.4, -0.2) is 34.2 Å². The summed E-state index contributed by atoms with van der Waals surface area (Å²) in [5.41, 5.74) is 2.38. The molecule has 1 aromatic carbocycles. The molecule has 0 N–H and O–H groups in total. The number of aromatic nitrogens is 2. The highest BCUT2D eigenvalue weighted by Crippen LogP contribution is 2.14. The molecule has 4 nitrogen and oxygen atoms in total. The molecule has 0 fully saturated rings. The van der Waals surface area contributed by atoms with Gasteiger partial charge in [0.25, 0.3) is 5.91 Å². The van der Waals surface area contributed by atoms with Crippen molar-refractivity contribution in [1.29, 1.82) is 0 Å². The summed E-state index contributed by atoms with van der Waals surface area (Å²) < 4.78 is 1.72. The Morgan fingerprint density at radius 1 is 1.30 bits per heavy atom. The van der Waals surface area contributed by atoms with Crippen LogP contribution in [0.5, 0.6) is 0 Å². The summed E-state index contributed by atoms with van der Waals surface area (Å²) in [4.78, 5) is 14.3. The second-order valence-electron chi connectivity index (χ2n) is 5.00. The average Bonchev–Trinajstić information content (AvgIpc) is 2.86. The Hall–Kier alpha value is -2.10. The normalized spacial score (nSPS) is 10.6. The smallest absolute Gasteiger partial charge is 0.272 e. The van der Waals surface area contributed by atoms with Crippen LogP contribution in [0.3, 0.4) is 0 Å². The predicted molar refractivity (Wildman–Crippen MR) is 80.2 cm³/mol. The van der Waals surface area contributed by atoms with E-state index in [0.29, 0.717) is 5.69 Å². The summed E-state index contributed by atoms with van der Waals surface area (Å²) in [5.74, 6) is 0.0166. The van der Waals surface area contributed by atoms with Gasteiger partial charge in [0.1, 0.15) is 5.69 Å². The van der Waals surface area contributed by atoms with Gasteiger partial charge >= 0.3 is 0 Å². The summed E-state index contributed by atoms with van der Waals surface area (Å²) in [6.45, 7) is 4.80. The number of benzene rings is 1. The number of nitrogens with zero attached hydrogens (tertiary/aromatic N) is 3. The van der Waals surface area contributed by atoms with E-state index < -0.39 is 0 Å². The largest absolute Gasteiger partial charge is 0.340 e. The Morgan fingerprint density at radius 3 is 2.65 bits per heavy atom. The van der Waals surface area contributed by atoms with E-state index in [0.717, 1.165) is 30.8 Å². The van der Waals surface area contributed by atoms with Crippen molar-refractivity contribution in [3.05, 3.63) is 47.8 Å². The van der Waals surface area contributed by atoms with Crippen LogP contribution in [0, 0.1) is 6.92 Å². The first-order valence-electron chi connectivity index (χ1n) is 7.01. The van der Waals surface area contributed by atoms with E-state index >= 15 is 0 Å². The molecule has 1 heterocycles. The van der Waals surface area contributed by atoms with Crippen molar-refractivity contribution >= 4 is 5.91 Å². The molecule has 0 spiro atoms. The molecule has 106 valence electrons. The van der Waals surface area contributed by atoms with Crippen LogP contribution in [0.15, 0.2) is 36.4 Å². The quantitative estimate of drug-likeness (QED) is 0.838. The van der Waals surface area contributed by atoms with Gasteiger partial charge < -0.3 is 4.90 Å². The van der Waals surface area contributed by atoms with E-state index in [-0.39, 0.29) is 5.91 Å². The first kappa shape index (κ1) is 14.3.